The van der Waals surface area contributed by atoms with Crippen LogP contribution in [0.1, 0.15) is 51.6 Å². The van der Waals surface area contributed by atoms with Gasteiger partial charge in [-0.05, 0) is 42.7 Å². The summed E-state index contributed by atoms with van der Waals surface area (Å²) in [5.74, 6) is -0.813. The van der Waals surface area contributed by atoms with Crippen molar-refractivity contribution in [1.29, 1.82) is 0 Å². The van der Waals surface area contributed by atoms with Crippen molar-refractivity contribution in [3.05, 3.63) is 59.4 Å². The van der Waals surface area contributed by atoms with Gasteiger partial charge >= 0.3 is 5.97 Å². The Kier molecular flexibility index (Phi) is 7.05. The number of hydrogen-bond donors (Lipinski definition) is 2. The topological polar surface area (TPSA) is 97.4 Å². The van der Waals surface area contributed by atoms with E-state index in [1.165, 1.54) is 19.2 Å². The molecule has 1 aromatic heterocycles. The third-order valence-corrected chi connectivity index (χ3v) is 3.76. The lowest BCUT2D eigenvalue weighted by Gasteiger charge is -2.09. The van der Waals surface area contributed by atoms with Crippen LogP contribution < -0.4 is 10.6 Å². The highest BCUT2D eigenvalue weighted by Gasteiger charge is 2.13. The number of nitrogens with zero attached hydrogens (tertiary/aromatic N) is 1. The molecular formula is C20H23N3O4. The fraction of sp³-hybridized carbons (Fsp3) is 0.300. The number of pyridine rings is 1. The van der Waals surface area contributed by atoms with Crippen LogP contribution in [0.3, 0.4) is 0 Å². The van der Waals surface area contributed by atoms with Crippen LogP contribution in [0.2, 0.25) is 0 Å². The SMILES string of the molecule is COC(=O)c1cccc(NC(=O)c2cccc(C(=O)NCCC(C)C)n2)c1. The average molecular weight is 369 g/mol. The molecule has 7 heteroatoms. The molecule has 0 spiro atoms. The number of hydrogen-bond acceptors (Lipinski definition) is 5. The van der Waals surface area contributed by atoms with Crippen LogP contribution in [-0.2, 0) is 4.74 Å². The zero-order valence-electron chi connectivity index (χ0n) is 15.6. The predicted octanol–water partition coefficient (Wildman–Crippen LogP) is 2.90. The van der Waals surface area contributed by atoms with Crippen molar-refractivity contribution in [3.8, 4) is 0 Å². The molecule has 7 nitrogen and oxygen atoms in total. The average Bonchev–Trinajstić information content (AvgIpc) is 2.67. The van der Waals surface area contributed by atoms with Gasteiger partial charge in [-0.2, -0.15) is 0 Å². The summed E-state index contributed by atoms with van der Waals surface area (Å²) < 4.78 is 4.66. The van der Waals surface area contributed by atoms with Crippen molar-refractivity contribution >= 4 is 23.5 Å². The van der Waals surface area contributed by atoms with Gasteiger partial charge in [0.2, 0.25) is 0 Å². The monoisotopic (exact) mass is 369 g/mol. The second kappa shape index (κ2) is 9.47. The van der Waals surface area contributed by atoms with Gasteiger partial charge in [0.05, 0.1) is 12.7 Å². The standard InChI is InChI=1S/C20H23N3O4/c1-13(2)10-11-21-18(24)16-8-5-9-17(23-16)19(25)22-15-7-4-6-14(12-15)20(26)27-3/h4-9,12-13H,10-11H2,1-3H3,(H,21,24)(H,22,25). The molecule has 2 N–H and O–H groups in total. The number of carbonyl (C=O) groups is 3. The molecule has 0 unspecified atom stereocenters. The van der Waals surface area contributed by atoms with E-state index in [1.54, 1.807) is 30.3 Å². The number of benzene rings is 1. The highest BCUT2D eigenvalue weighted by atomic mass is 16.5. The van der Waals surface area contributed by atoms with Crippen LogP contribution in [0.25, 0.3) is 0 Å². The number of anilines is 1. The van der Waals surface area contributed by atoms with Gasteiger partial charge in [0.1, 0.15) is 11.4 Å². The molecule has 0 saturated heterocycles. The highest BCUT2D eigenvalue weighted by molar-refractivity contribution is 6.04. The fourth-order valence-electron chi connectivity index (χ4n) is 2.29. The number of carbonyl (C=O) groups excluding carboxylic acids is 3. The van der Waals surface area contributed by atoms with Crippen molar-refractivity contribution < 1.29 is 19.1 Å². The van der Waals surface area contributed by atoms with E-state index in [0.717, 1.165) is 6.42 Å². The van der Waals surface area contributed by atoms with Crippen LogP contribution in [0.15, 0.2) is 42.5 Å². The Bertz CT molecular complexity index is 833. The summed E-state index contributed by atoms with van der Waals surface area (Å²) >= 11 is 0. The number of esters is 1. The van der Waals surface area contributed by atoms with Crippen molar-refractivity contribution in [3.63, 3.8) is 0 Å². The van der Waals surface area contributed by atoms with Gasteiger partial charge in [-0.15, -0.1) is 0 Å². The number of amides is 2. The Morgan fingerprint density at radius 1 is 1.04 bits per heavy atom. The van der Waals surface area contributed by atoms with Crippen LogP contribution in [0.4, 0.5) is 5.69 Å². The summed E-state index contributed by atoms with van der Waals surface area (Å²) in [5, 5.41) is 5.45. The molecule has 0 radical (unpaired) electrons. The second-order valence-electron chi connectivity index (χ2n) is 6.37. The quantitative estimate of drug-likeness (QED) is 0.732. The molecule has 1 heterocycles. The minimum atomic E-state index is -0.496. The maximum atomic E-state index is 12.4. The van der Waals surface area contributed by atoms with E-state index in [9.17, 15) is 14.4 Å². The van der Waals surface area contributed by atoms with E-state index in [4.69, 9.17) is 0 Å². The number of ether oxygens (including phenoxy) is 1. The lowest BCUT2D eigenvalue weighted by Crippen LogP contribution is -2.27. The summed E-state index contributed by atoms with van der Waals surface area (Å²) in [6, 6.07) is 11.0. The first-order valence-electron chi connectivity index (χ1n) is 8.65. The lowest BCUT2D eigenvalue weighted by molar-refractivity contribution is 0.0600. The molecule has 2 amide bonds. The minimum absolute atomic E-state index is 0.106. The molecule has 142 valence electrons. The lowest BCUT2D eigenvalue weighted by atomic mass is 10.1. The van der Waals surface area contributed by atoms with E-state index in [-0.39, 0.29) is 17.3 Å². The molecule has 0 aliphatic heterocycles. The molecule has 0 saturated carbocycles. The van der Waals surface area contributed by atoms with Crippen molar-refractivity contribution in [1.82, 2.24) is 10.3 Å². The van der Waals surface area contributed by atoms with Crippen LogP contribution in [0, 0.1) is 5.92 Å². The first-order valence-corrected chi connectivity index (χ1v) is 8.65. The van der Waals surface area contributed by atoms with Gasteiger partial charge in [0, 0.05) is 12.2 Å². The summed E-state index contributed by atoms with van der Waals surface area (Å²) in [7, 11) is 1.29. The largest absolute Gasteiger partial charge is 0.465 e. The zero-order chi connectivity index (χ0) is 19.8. The number of rotatable bonds is 7. The molecule has 0 aliphatic carbocycles. The van der Waals surface area contributed by atoms with Gasteiger partial charge in [-0.1, -0.05) is 26.0 Å². The van der Waals surface area contributed by atoms with Gasteiger partial charge in [-0.3, -0.25) is 9.59 Å². The third-order valence-electron chi connectivity index (χ3n) is 3.76. The molecule has 0 fully saturated rings. The van der Waals surface area contributed by atoms with Gasteiger partial charge < -0.3 is 15.4 Å². The van der Waals surface area contributed by atoms with Gasteiger partial charge in [-0.25, -0.2) is 9.78 Å². The summed E-state index contributed by atoms with van der Waals surface area (Å²) in [6.45, 7) is 4.70. The predicted molar refractivity (Wildman–Crippen MR) is 102 cm³/mol. The Labute approximate surface area is 158 Å². The van der Waals surface area contributed by atoms with E-state index in [0.29, 0.717) is 23.7 Å². The van der Waals surface area contributed by atoms with E-state index < -0.39 is 11.9 Å². The first kappa shape index (κ1) is 20.1. The molecule has 0 aliphatic rings. The normalized spacial score (nSPS) is 10.4. The molecular weight excluding hydrogens is 346 g/mol. The zero-order valence-corrected chi connectivity index (χ0v) is 15.6. The van der Waals surface area contributed by atoms with E-state index in [1.807, 2.05) is 0 Å². The smallest absolute Gasteiger partial charge is 0.337 e. The Hall–Kier alpha value is -3.22. The Morgan fingerprint density at radius 2 is 1.70 bits per heavy atom. The number of aromatic nitrogens is 1. The van der Waals surface area contributed by atoms with Gasteiger partial charge in [0.25, 0.3) is 11.8 Å². The van der Waals surface area contributed by atoms with Crippen molar-refractivity contribution in [2.75, 3.05) is 19.0 Å². The summed E-state index contributed by atoms with van der Waals surface area (Å²) in [5.41, 5.74) is 1.03. The number of methoxy groups -OCH3 is 1. The molecule has 0 bridgehead atoms. The Balaban J connectivity index is 2.07. The van der Waals surface area contributed by atoms with Gasteiger partial charge in [0.15, 0.2) is 0 Å². The molecule has 27 heavy (non-hydrogen) atoms. The second-order valence-corrected chi connectivity index (χ2v) is 6.37. The summed E-state index contributed by atoms with van der Waals surface area (Å²) in [4.78, 5) is 40.3. The maximum Gasteiger partial charge on any atom is 0.337 e. The molecule has 2 aromatic rings. The van der Waals surface area contributed by atoms with Crippen LogP contribution >= 0.6 is 0 Å². The first-order chi connectivity index (χ1) is 12.9. The number of nitrogens with one attached hydrogen (secondary N) is 2. The van der Waals surface area contributed by atoms with E-state index >= 15 is 0 Å². The van der Waals surface area contributed by atoms with Crippen molar-refractivity contribution in [2.24, 2.45) is 5.92 Å². The van der Waals surface area contributed by atoms with Crippen LogP contribution in [-0.4, -0.2) is 36.4 Å². The third kappa shape index (κ3) is 5.91. The highest BCUT2D eigenvalue weighted by Crippen LogP contribution is 2.13. The van der Waals surface area contributed by atoms with Crippen LogP contribution in [0.5, 0.6) is 0 Å². The molecule has 1 aromatic carbocycles. The van der Waals surface area contributed by atoms with Crippen molar-refractivity contribution in [2.45, 2.75) is 20.3 Å². The maximum absolute atomic E-state index is 12.4. The molecule has 0 atom stereocenters. The molecule has 2 rings (SSSR count). The minimum Gasteiger partial charge on any atom is -0.465 e. The van der Waals surface area contributed by atoms with E-state index in [2.05, 4.69) is 34.2 Å². The summed E-state index contributed by atoms with van der Waals surface area (Å²) in [6.07, 6.45) is 0.864. The fourth-order valence-corrected chi connectivity index (χ4v) is 2.29. The Morgan fingerprint density at radius 3 is 2.37 bits per heavy atom.